The monoisotopic (exact) mass is 460 g/mol. The molecule has 168 valence electrons. The zero-order valence-electron chi connectivity index (χ0n) is 18.4. The molecule has 5 rings (SSSR count). The Morgan fingerprint density at radius 3 is 2.70 bits per heavy atom. The van der Waals surface area contributed by atoms with Gasteiger partial charge in [0.1, 0.15) is 5.75 Å². The number of anilines is 1. The maximum Gasteiger partial charge on any atom is 0.264 e. The summed E-state index contributed by atoms with van der Waals surface area (Å²) in [4.78, 5) is 28.0. The molecule has 2 aliphatic rings. The van der Waals surface area contributed by atoms with Crippen LogP contribution in [0.4, 0.5) is 5.69 Å². The van der Waals surface area contributed by atoms with Crippen molar-refractivity contribution in [2.24, 2.45) is 0 Å². The lowest BCUT2D eigenvalue weighted by atomic mass is 9.86. The number of hydrogen-bond donors (Lipinski definition) is 1. The highest BCUT2D eigenvalue weighted by molar-refractivity contribution is 6.34. The minimum atomic E-state index is -0.580. The van der Waals surface area contributed by atoms with Crippen LogP contribution < -0.4 is 10.1 Å². The molecule has 2 amide bonds. The van der Waals surface area contributed by atoms with E-state index in [0.717, 1.165) is 24.8 Å². The first-order chi connectivity index (χ1) is 16.0. The van der Waals surface area contributed by atoms with Crippen molar-refractivity contribution in [2.75, 3.05) is 5.32 Å². The van der Waals surface area contributed by atoms with Crippen molar-refractivity contribution in [3.8, 4) is 5.75 Å². The van der Waals surface area contributed by atoms with Crippen LogP contribution in [0, 0.1) is 0 Å². The van der Waals surface area contributed by atoms with Crippen LogP contribution in [0.2, 0.25) is 5.02 Å². The van der Waals surface area contributed by atoms with Crippen LogP contribution in [0.3, 0.4) is 0 Å². The highest BCUT2D eigenvalue weighted by Crippen LogP contribution is 2.38. The summed E-state index contributed by atoms with van der Waals surface area (Å²) in [7, 11) is 0. The maximum absolute atomic E-state index is 13.3. The molecule has 1 aliphatic heterocycles. The molecule has 5 nitrogen and oxygen atoms in total. The van der Waals surface area contributed by atoms with Crippen LogP contribution in [0.25, 0.3) is 0 Å². The Morgan fingerprint density at radius 1 is 1.06 bits per heavy atom. The van der Waals surface area contributed by atoms with Crippen molar-refractivity contribution < 1.29 is 14.3 Å². The number of aryl methyl sites for hydroxylation is 1. The van der Waals surface area contributed by atoms with Gasteiger partial charge < -0.3 is 15.0 Å². The Kier molecular flexibility index (Phi) is 5.81. The van der Waals surface area contributed by atoms with Crippen molar-refractivity contribution in [1.29, 1.82) is 0 Å². The van der Waals surface area contributed by atoms with E-state index in [1.807, 2.05) is 23.1 Å². The predicted octanol–water partition coefficient (Wildman–Crippen LogP) is 5.78. The van der Waals surface area contributed by atoms with E-state index in [2.05, 4.69) is 23.5 Å². The number of halogens is 1. The Balaban J connectivity index is 1.45. The lowest BCUT2D eigenvalue weighted by molar-refractivity contribution is -0.140. The van der Waals surface area contributed by atoms with E-state index in [1.165, 1.54) is 11.1 Å². The fraction of sp³-hybridized carbons (Fsp3) is 0.259. The molecule has 33 heavy (non-hydrogen) atoms. The van der Waals surface area contributed by atoms with E-state index in [1.54, 1.807) is 37.3 Å². The largest absolute Gasteiger partial charge is 0.481 e. The molecule has 0 radical (unpaired) electrons. The van der Waals surface area contributed by atoms with Crippen LogP contribution in [0.5, 0.6) is 5.75 Å². The molecule has 6 heteroatoms. The molecule has 0 unspecified atom stereocenters. The van der Waals surface area contributed by atoms with E-state index >= 15 is 0 Å². The molecular formula is C27H25ClN2O3. The molecule has 0 fully saturated rings. The molecule has 0 bridgehead atoms. The fourth-order valence-electron chi connectivity index (χ4n) is 4.79. The maximum atomic E-state index is 13.3. The minimum absolute atomic E-state index is 0.0147. The number of hydrogen-bond acceptors (Lipinski definition) is 3. The van der Waals surface area contributed by atoms with E-state index in [-0.39, 0.29) is 17.9 Å². The third kappa shape index (κ3) is 4.21. The van der Waals surface area contributed by atoms with Gasteiger partial charge in [0.2, 0.25) is 0 Å². The van der Waals surface area contributed by atoms with Crippen molar-refractivity contribution in [3.05, 3.63) is 94.0 Å². The quantitative estimate of drug-likeness (QED) is 0.539. The van der Waals surface area contributed by atoms with E-state index in [4.69, 9.17) is 16.3 Å². The second-order valence-corrected chi connectivity index (χ2v) is 9.00. The highest BCUT2D eigenvalue weighted by Gasteiger charge is 2.35. The summed E-state index contributed by atoms with van der Waals surface area (Å²) >= 11 is 6.18. The van der Waals surface area contributed by atoms with Gasteiger partial charge in [0.05, 0.1) is 23.2 Å². The third-order valence-electron chi connectivity index (χ3n) is 6.43. The summed E-state index contributed by atoms with van der Waals surface area (Å²) in [6.07, 6.45) is 2.43. The molecule has 3 aromatic carbocycles. The molecule has 1 N–H and O–H groups in total. The Bertz CT molecular complexity index is 1230. The number of nitrogens with one attached hydrogen (secondary N) is 1. The predicted molar refractivity (Wildman–Crippen MR) is 129 cm³/mol. The fourth-order valence-corrected chi connectivity index (χ4v) is 5.01. The molecule has 0 aromatic heterocycles. The lowest BCUT2D eigenvalue weighted by Crippen LogP contribution is -2.41. The molecule has 0 saturated heterocycles. The number of fused-ring (bicyclic) bond motifs is 2. The topological polar surface area (TPSA) is 58.6 Å². The number of carbonyl (C=O) groups is 2. The number of rotatable bonds is 3. The van der Waals surface area contributed by atoms with Gasteiger partial charge in [-0.1, -0.05) is 48.0 Å². The number of carbonyl (C=O) groups excluding carboxylic acids is 2. The lowest BCUT2D eigenvalue weighted by Gasteiger charge is -2.35. The first kappa shape index (κ1) is 21.5. The van der Waals surface area contributed by atoms with Gasteiger partial charge in [0, 0.05) is 11.3 Å². The first-order valence-electron chi connectivity index (χ1n) is 11.2. The summed E-state index contributed by atoms with van der Waals surface area (Å²) in [5, 5.41) is 3.32. The van der Waals surface area contributed by atoms with Gasteiger partial charge in [-0.2, -0.15) is 0 Å². The van der Waals surface area contributed by atoms with Gasteiger partial charge in [-0.05, 0) is 67.6 Å². The summed E-state index contributed by atoms with van der Waals surface area (Å²) < 4.78 is 6.02. The summed E-state index contributed by atoms with van der Waals surface area (Å²) in [6, 6.07) is 20.8. The van der Waals surface area contributed by atoms with Gasteiger partial charge in [-0.3, -0.25) is 9.59 Å². The van der Waals surface area contributed by atoms with Gasteiger partial charge in [0.25, 0.3) is 11.8 Å². The van der Waals surface area contributed by atoms with Gasteiger partial charge in [0.15, 0.2) is 6.10 Å². The molecular weight excluding hydrogens is 436 g/mol. The minimum Gasteiger partial charge on any atom is -0.481 e. The van der Waals surface area contributed by atoms with Gasteiger partial charge >= 0.3 is 0 Å². The van der Waals surface area contributed by atoms with E-state index in [0.29, 0.717) is 28.6 Å². The zero-order chi connectivity index (χ0) is 22.9. The summed E-state index contributed by atoms with van der Waals surface area (Å²) in [5.74, 6) is 0.366. The molecule has 3 aromatic rings. The van der Waals surface area contributed by atoms with Crippen LogP contribution in [0.15, 0.2) is 66.7 Å². The van der Waals surface area contributed by atoms with E-state index < -0.39 is 6.10 Å². The van der Waals surface area contributed by atoms with Crippen molar-refractivity contribution >= 4 is 29.1 Å². The Hall–Kier alpha value is -3.31. The van der Waals surface area contributed by atoms with Gasteiger partial charge in [-0.25, -0.2) is 0 Å². The second kappa shape index (κ2) is 8.91. The van der Waals surface area contributed by atoms with Crippen LogP contribution in [-0.4, -0.2) is 22.8 Å². The summed E-state index contributed by atoms with van der Waals surface area (Å²) in [5.41, 5.74) is 4.44. The normalized spacial score (nSPS) is 19.7. The average molecular weight is 461 g/mol. The number of nitrogens with zero attached hydrogens (tertiary/aromatic N) is 1. The SMILES string of the molecule is C[C@@H]1Oc2ccc(NC(=O)c3ccccc3Cl)cc2CN([C@@H]2CCCc3ccccc32)C1=O. The third-order valence-corrected chi connectivity index (χ3v) is 6.76. The highest BCUT2D eigenvalue weighted by atomic mass is 35.5. The first-order valence-corrected chi connectivity index (χ1v) is 11.6. The van der Waals surface area contributed by atoms with Crippen molar-refractivity contribution in [2.45, 2.75) is 44.9 Å². The van der Waals surface area contributed by atoms with Gasteiger partial charge in [-0.15, -0.1) is 0 Å². The molecule has 0 spiro atoms. The molecule has 2 atom stereocenters. The average Bonchev–Trinajstić information content (AvgIpc) is 2.95. The molecule has 0 saturated carbocycles. The molecule has 1 heterocycles. The molecule has 1 aliphatic carbocycles. The van der Waals surface area contributed by atoms with Crippen molar-refractivity contribution in [3.63, 3.8) is 0 Å². The van der Waals surface area contributed by atoms with E-state index in [9.17, 15) is 9.59 Å². The van der Waals surface area contributed by atoms with Crippen molar-refractivity contribution in [1.82, 2.24) is 4.90 Å². The smallest absolute Gasteiger partial charge is 0.264 e. The second-order valence-electron chi connectivity index (χ2n) is 8.59. The Morgan fingerprint density at radius 2 is 1.85 bits per heavy atom. The summed E-state index contributed by atoms with van der Waals surface area (Å²) in [6.45, 7) is 2.22. The number of amides is 2. The van der Waals surface area contributed by atoms with Crippen LogP contribution >= 0.6 is 11.6 Å². The van der Waals surface area contributed by atoms with Crippen LogP contribution in [0.1, 0.15) is 52.9 Å². The number of benzene rings is 3. The standard InChI is InChI=1S/C27H25ClN2O3/c1-17-27(32)30(24-12-6-8-18-7-2-3-9-21(18)24)16-19-15-20(13-14-25(19)33-17)29-26(31)22-10-4-5-11-23(22)28/h2-5,7,9-11,13-15,17,24H,6,8,12,16H2,1H3,(H,29,31)/t17-,24+/m0/s1. The van der Waals surface area contributed by atoms with Crippen LogP contribution in [-0.2, 0) is 17.8 Å². The zero-order valence-corrected chi connectivity index (χ0v) is 19.1. The Labute approximate surface area is 198 Å². The number of ether oxygens (including phenoxy) is 1.